The molecule has 0 radical (unpaired) electrons. The lowest BCUT2D eigenvalue weighted by atomic mass is 9.91. The van der Waals surface area contributed by atoms with E-state index in [0.717, 1.165) is 13.0 Å². The van der Waals surface area contributed by atoms with Gasteiger partial charge in [-0.3, -0.25) is 9.59 Å². The van der Waals surface area contributed by atoms with Gasteiger partial charge >= 0.3 is 5.97 Å². The van der Waals surface area contributed by atoms with Gasteiger partial charge in [0.1, 0.15) is 0 Å². The SMILES string of the molecule is COC(=O)CC1CC(NCCCO)CN(C(C)=O)C1. The molecule has 1 heterocycles. The molecule has 1 aliphatic heterocycles. The number of amides is 1. The van der Waals surface area contributed by atoms with Gasteiger partial charge in [0.15, 0.2) is 0 Å². The molecule has 2 unspecified atom stereocenters. The Hall–Kier alpha value is -1.14. The summed E-state index contributed by atoms with van der Waals surface area (Å²) in [7, 11) is 1.38. The van der Waals surface area contributed by atoms with Gasteiger partial charge in [-0.15, -0.1) is 0 Å². The average molecular weight is 272 g/mol. The van der Waals surface area contributed by atoms with E-state index in [1.165, 1.54) is 7.11 Å². The number of methoxy groups -OCH3 is 1. The van der Waals surface area contributed by atoms with Crippen molar-refractivity contribution in [2.24, 2.45) is 5.92 Å². The van der Waals surface area contributed by atoms with Crippen molar-refractivity contribution in [3.63, 3.8) is 0 Å². The third-order valence-corrected chi connectivity index (χ3v) is 3.43. The Balaban J connectivity index is 2.52. The fourth-order valence-corrected chi connectivity index (χ4v) is 2.46. The summed E-state index contributed by atoms with van der Waals surface area (Å²) in [6, 6.07) is 0.179. The summed E-state index contributed by atoms with van der Waals surface area (Å²) in [5, 5.41) is 12.1. The van der Waals surface area contributed by atoms with Gasteiger partial charge in [-0.05, 0) is 25.3 Å². The molecule has 0 saturated carbocycles. The van der Waals surface area contributed by atoms with Gasteiger partial charge < -0.3 is 20.1 Å². The number of hydrogen-bond acceptors (Lipinski definition) is 5. The monoisotopic (exact) mass is 272 g/mol. The van der Waals surface area contributed by atoms with Gasteiger partial charge in [0.05, 0.1) is 13.5 Å². The predicted octanol–water partition coefficient (Wildman–Crippen LogP) is -0.241. The lowest BCUT2D eigenvalue weighted by Crippen LogP contribution is -2.51. The molecule has 1 saturated heterocycles. The summed E-state index contributed by atoms with van der Waals surface area (Å²) in [5.74, 6) is -0.0650. The maximum Gasteiger partial charge on any atom is 0.305 e. The molecule has 2 atom stereocenters. The van der Waals surface area contributed by atoms with Crippen LogP contribution in [0.15, 0.2) is 0 Å². The minimum absolute atomic E-state index is 0.0310. The Morgan fingerprint density at radius 3 is 2.74 bits per heavy atom. The van der Waals surface area contributed by atoms with Gasteiger partial charge in [0, 0.05) is 32.7 Å². The number of ether oxygens (including phenoxy) is 1. The smallest absolute Gasteiger partial charge is 0.305 e. The second-order valence-electron chi connectivity index (χ2n) is 5.03. The number of rotatable bonds is 6. The zero-order valence-electron chi connectivity index (χ0n) is 11.7. The van der Waals surface area contributed by atoms with E-state index in [2.05, 4.69) is 10.1 Å². The number of nitrogens with one attached hydrogen (secondary N) is 1. The molecule has 0 aliphatic carbocycles. The summed E-state index contributed by atoms with van der Waals surface area (Å²) in [6.07, 6.45) is 1.89. The van der Waals surface area contributed by atoms with E-state index in [-0.39, 0.29) is 30.4 Å². The van der Waals surface area contributed by atoms with Crippen LogP contribution >= 0.6 is 0 Å². The number of carbonyl (C=O) groups excluding carboxylic acids is 2. The van der Waals surface area contributed by atoms with Crippen molar-refractivity contribution in [3.8, 4) is 0 Å². The highest BCUT2D eigenvalue weighted by Crippen LogP contribution is 2.20. The molecule has 1 aliphatic rings. The molecule has 0 spiro atoms. The van der Waals surface area contributed by atoms with E-state index >= 15 is 0 Å². The fourth-order valence-electron chi connectivity index (χ4n) is 2.46. The van der Waals surface area contributed by atoms with Gasteiger partial charge in [-0.2, -0.15) is 0 Å². The average Bonchev–Trinajstić information content (AvgIpc) is 2.38. The van der Waals surface area contributed by atoms with Crippen molar-refractivity contribution < 1.29 is 19.4 Å². The van der Waals surface area contributed by atoms with Crippen molar-refractivity contribution in [1.29, 1.82) is 0 Å². The third kappa shape index (κ3) is 5.57. The molecular weight excluding hydrogens is 248 g/mol. The van der Waals surface area contributed by atoms with Gasteiger partial charge in [-0.25, -0.2) is 0 Å². The largest absolute Gasteiger partial charge is 0.469 e. The molecule has 6 nitrogen and oxygen atoms in total. The summed E-state index contributed by atoms with van der Waals surface area (Å²) in [4.78, 5) is 24.6. The summed E-state index contributed by atoms with van der Waals surface area (Å²) in [5.41, 5.74) is 0. The second-order valence-corrected chi connectivity index (χ2v) is 5.03. The summed E-state index contributed by atoms with van der Waals surface area (Å²) >= 11 is 0. The minimum atomic E-state index is -0.232. The standard InChI is InChI=1S/C13H24N2O4/c1-10(17)15-8-11(7-13(18)19-2)6-12(9-15)14-4-3-5-16/h11-12,14,16H,3-9H2,1-2H3. The highest BCUT2D eigenvalue weighted by molar-refractivity contribution is 5.74. The number of likely N-dealkylation sites (tertiary alicyclic amines) is 1. The van der Waals surface area contributed by atoms with E-state index in [0.29, 0.717) is 25.9 Å². The van der Waals surface area contributed by atoms with E-state index in [1.807, 2.05) is 0 Å². The Morgan fingerprint density at radius 1 is 1.42 bits per heavy atom. The number of piperidine rings is 1. The molecule has 0 aromatic carbocycles. The van der Waals surface area contributed by atoms with Crippen LogP contribution < -0.4 is 5.32 Å². The Morgan fingerprint density at radius 2 is 2.16 bits per heavy atom. The van der Waals surface area contributed by atoms with Crippen molar-refractivity contribution in [2.45, 2.75) is 32.2 Å². The lowest BCUT2D eigenvalue weighted by Gasteiger charge is -2.37. The number of aliphatic hydroxyl groups is 1. The van der Waals surface area contributed by atoms with E-state index in [9.17, 15) is 9.59 Å². The maximum absolute atomic E-state index is 11.5. The molecule has 0 aromatic rings. The normalized spacial score (nSPS) is 23.2. The molecule has 19 heavy (non-hydrogen) atoms. The Labute approximate surface area is 114 Å². The van der Waals surface area contributed by atoms with Crippen LogP contribution in [0.2, 0.25) is 0 Å². The number of aliphatic hydroxyl groups excluding tert-OH is 1. The van der Waals surface area contributed by atoms with Gasteiger partial charge in [0.2, 0.25) is 5.91 Å². The first-order valence-electron chi connectivity index (χ1n) is 6.73. The van der Waals surface area contributed by atoms with Gasteiger partial charge in [-0.1, -0.05) is 0 Å². The van der Waals surface area contributed by atoms with Crippen LogP contribution in [0, 0.1) is 5.92 Å². The topological polar surface area (TPSA) is 78.9 Å². The first kappa shape index (κ1) is 15.9. The first-order chi connectivity index (χ1) is 9.06. The highest BCUT2D eigenvalue weighted by atomic mass is 16.5. The minimum Gasteiger partial charge on any atom is -0.469 e. The van der Waals surface area contributed by atoms with Crippen molar-refractivity contribution in [1.82, 2.24) is 10.2 Å². The maximum atomic E-state index is 11.5. The predicted molar refractivity (Wildman–Crippen MR) is 70.5 cm³/mol. The molecule has 2 N–H and O–H groups in total. The van der Waals surface area contributed by atoms with E-state index in [4.69, 9.17) is 5.11 Å². The van der Waals surface area contributed by atoms with Crippen LogP contribution in [0.5, 0.6) is 0 Å². The quantitative estimate of drug-likeness (QED) is 0.515. The van der Waals surface area contributed by atoms with E-state index < -0.39 is 0 Å². The van der Waals surface area contributed by atoms with Crippen LogP contribution in [0.25, 0.3) is 0 Å². The zero-order valence-corrected chi connectivity index (χ0v) is 11.7. The summed E-state index contributed by atoms with van der Waals surface area (Å²) in [6.45, 7) is 3.70. The van der Waals surface area contributed by atoms with Crippen molar-refractivity contribution in [3.05, 3.63) is 0 Å². The Kier molecular flexibility index (Phi) is 6.80. The number of hydrogen-bond donors (Lipinski definition) is 2. The number of esters is 1. The van der Waals surface area contributed by atoms with E-state index in [1.54, 1.807) is 11.8 Å². The lowest BCUT2D eigenvalue weighted by molar-refractivity contribution is -0.143. The van der Waals surface area contributed by atoms with Gasteiger partial charge in [0.25, 0.3) is 0 Å². The molecule has 1 fully saturated rings. The molecule has 1 rings (SSSR count). The highest BCUT2D eigenvalue weighted by Gasteiger charge is 2.29. The van der Waals surface area contributed by atoms with Crippen LogP contribution in [0.1, 0.15) is 26.2 Å². The van der Waals surface area contributed by atoms with Crippen LogP contribution in [0.4, 0.5) is 0 Å². The fraction of sp³-hybridized carbons (Fsp3) is 0.846. The molecule has 110 valence electrons. The zero-order chi connectivity index (χ0) is 14.3. The summed E-state index contributed by atoms with van der Waals surface area (Å²) < 4.78 is 4.69. The molecule has 1 amide bonds. The van der Waals surface area contributed by atoms with Crippen molar-refractivity contribution >= 4 is 11.9 Å². The molecule has 0 aromatic heterocycles. The van der Waals surface area contributed by atoms with Crippen LogP contribution in [-0.4, -0.2) is 61.3 Å². The number of carbonyl (C=O) groups is 2. The van der Waals surface area contributed by atoms with Crippen molar-refractivity contribution in [2.75, 3.05) is 33.4 Å². The first-order valence-corrected chi connectivity index (χ1v) is 6.73. The second kappa shape index (κ2) is 8.12. The molecular formula is C13H24N2O4. The third-order valence-electron chi connectivity index (χ3n) is 3.43. The van der Waals surface area contributed by atoms with Crippen LogP contribution in [-0.2, 0) is 14.3 Å². The van der Waals surface area contributed by atoms with Crippen LogP contribution in [0.3, 0.4) is 0 Å². The number of nitrogens with zero attached hydrogens (tertiary/aromatic N) is 1. The molecule has 6 heteroatoms. The molecule has 0 bridgehead atoms. The Bertz CT molecular complexity index is 309.